The lowest BCUT2D eigenvalue weighted by Crippen LogP contribution is -2.47. The Balaban J connectivity index is 2.09. The molecule has 1 atom stereocenters. The van der Waals surface area contributed by atoms with E-state index >= 15 is 0 Å². The van der Waals surface area contributed by atoms with Crippen LogP contribution in [0.1, 0.15) is 49.3 Å². The molecule has 2 aliphatic rings. The standard InChI is InChI=1S/C18H24F4N2O/c19-14-7-6-13(18(20,21)22)15(17(14)25)16(12-4-2-1-3-5-12)24-10-8-23-9-11-24/h6-7,12,16,23,25H,1-5,8-11H2/t16-/m1/s1. The van der Waals surface area contributed by atoms with Gasteiger partial charge in [0.05, 0.1) is 5.56 Å². The molecule has 0 spiro atoms. The minimum atomic E-state index is -4.62. The lowest BCUT2D eigenvalue weighted by molar-refractivity contribution is -0.139. The van der Waals surface area contributed by atoms with Gasteiger partial charge < -0.3 is 10.4 Å². The molecule has 7 heteroatoms. The van der Waals surface area contributed by atoms with Gasteiger partial charge in [0.2, 0.25) is 0 Å². The number of piperazine rings is 1. The monoisotopic (exact) mass is 360 g/mol. The van der Waals surface area contributed by atoms with Crippen molar-refractivity contribution in [2.45, 2.75) is 44.3 Å². The minimum absolute atomic E-state index is 0.000602. The van der Waals surface area contributed by atoms with E-state index in [1.54, 1.807) is 0 Å². The summed E-state index contributed by atoms with van der Waals surface area (Å²) >= 11 is 0. The predicted molar refractivity (Wildman–Crippen MR) is 86.8 cm³/mol. The van der Waals surface area contributed by atoms with Gasteiger partial charge in [-0.25, -0.2) is 4.39 Å². The molecule has 1 heterocycles. The summed E-state index contributed by atoms with van der Waals surface area (Å²) in [6, 6.07) is 0.870. The molecule has 25 heavy (non-hydrogen) atoms. The van der Waals surface area contributed by atoms with Gasteiger partial charge in [0.25, 0.3) is 0 Å². The van der Waals surface area contributed by atoms with Crippen molar-refractivity contribution in [1.29, 1.82) is 0 Å². The van der Waals surface area contributed by atoms with Crippen LogP contribution in [0.4, 0.5) is 17.6 Å². The van der Waals surface area contributed by atoms with E-state index in [2.05, 4.69) is 5.32 Å². The van der Waals surface area contributed by atoms with E-state index in [1.165, 1.54) is 0 Å². The topological polar surface area (TPSA) is 35.5 Å². The number of hydrogen-bond donors (Lipinski definition) is 2. The van der Waals surface area contributed by atoms with Crippen molar-refractivity contribution in [3.63, 3.8) is 0 Å². The van der Waals surface area contributed by atoms with Crippen LogP contribution in [0, 0.1) is 11.7 Å². The summed E-state index contributed by atoms with van der Waals surface area (Å²) in [6.07, 6.45) is -0.00738. The largest absolute Gasteiger partial charge is 0.505 e. The second-order valence-corrected chi connectivity index (χ2v) is 6.98. The van der Waals surface area contributed by atoms with Crippen LogP contribution >= 0.6 is 0 Å². The number of nitrogens with zero attached hydrogens (tertiary/aromatic N) is 1. The maximum Gasteiger partial charge on any atom is 0.416 e. The molecule has 1 saturated carbocycles. The lowest BCUT2D eigenvalue weighted by atomic mass is 9.78. The van der Waals surface area contributed by atoms with Crippen molar-refractivity contribution in [1.82, 2.24) is 10.2 Å². The van der Waals surface area contributed by atoms with Crippen molar-refractivity contribution in [3.05, 3.63) is 29.1 Å². The molecule has 1 aliphatic carbocycles. The highest BCUT2D eigenvalue weighted by Gasteiger charge is 2.42. The van der Waals surface area contributed by atoms with Crippen LogP contribution in [-0.4, -0.2) is 36.2 Å². The number of rotatable bonds is 3. The van der Waals surface area contributed by atoms with Gasteiger partial charge in [-0.1, -0.05) is 19.3 Å². The Labute approximate surface area is 145 Å². The zero-order chi connectivity index (χ0) is 18.0. The van der Waals surface area contributed by atoms with E-state index in [0.717, 1.165) is 38.2 Å². The maximum atomic E-state index is 14.0. The van der Waals surface area contributed by atoms with Crippen molar-refractivity contribution in [2.75, 3.05) is 26.2 Å². The molecule has 3 nitrogen and oxygen atoms in total. The van der Waals surface area contributed by atoms with E-state index in [0.29, 0.717) is 32.2 Å². The van der Waals surface area contributed by atoms with Crippen molar-refractivity contribution in [2.24, 2.45) is 5.92 Å². The highest BCUT2D eigenvalue weighted by atomic mass is 19.4. The van der Waals surface area contributed by atoms with Gasteiger partial charge in [0.1, 0.15) is 0 Å². The molecule has 140 valence electrons. The van der Waals surface area contributed by atoms with Crippen molar-refractivity contribution < 1.29 is 22.7 Å². The SMILES string of the molecule is Oc1c(F)ccc(C(F)(F)F)c1[C@@H](C1CCCCC1)N1CCNCC1. The Hall–Kier alpha value is -1.34. The van der Waals surface area contributed by atoms with Crippen LogP contribution < -0.4 is 5.32 Å². The van der Waals surface area contributed by atoms with Crippen LogP contribution in [-0.2, 0) is 6.18 Å². The summed E-state index contributed by atoms with van der Waals surface area (Å²) < 4.78 is 54.8. The average molecular weight is 360 g/mol. The quantitative estimate of drug-likeness (QED) is 0.798. The smallest absolute Gasteiger partial charge is 0.416 e. The lowest BCUT2D eigenvalue weighted by Gasteiger charge is -2.42. The van der Waals surface area contributed by atoms with Crippen LogP contribution in [0.2, 0.25) is 0 Å². The molecule has 0 unspecified atom stereocenters. The number of halogens is 4. The van der Waals surface area contributed by atoms with Gasteiger partial charge in [-0.2, -0.15) is 13.2 Å². The molecule has 2 fully saturated rings. The third-order valence-corrected chi connectivity index (χ3v) is 5.41. The number of hydrogen-bond acceptors (Lipinski definition) is 3. The summed E-state index contributed by atoms with van der Waals surface area (Å²) in [7, 11) is 0. The molecule has 2 N–H and O–H groups in total. The molecule has 1 aromatic carbocycles. The first-order valence-corrected chi connectivity index (χ1v) is 8.93. The summed E-state index contributed by atoms with van der Waals surface area (Å²) in [5.41, 5.74) is -1.19. The first-order valence-electron chi connectivity index (χ1n) is 8.93. The number of benzene rings is 1. The van der Waals surface area contributed by atoms with E-state index in [9.17, 15) is 22.7 Å². The van der Waals surface area contributed by atoms with Gasteiger partial charge in [-0.15, -0.1) is 0 Å². The second-order valence-electron chi connectivity index (χ2n) is 6.98. The normalized spacial score (nSPS) is 22.1. The Morgan fingerprint density at radius 2 is 1.72 bits per heavy atom. The van der Waals surface area contributed by atoms with Crippen LogP contribution in [0.5, 0.6) is 5.75 Å². The molecular weight excluding hydrogens is 336 g/mol. The maximum absolute atomic E-state index is 14.0. The van der Waals surface area contributed by atoms with Crippen LogP contribution in [0.15, 0.2) is 12.1 Å². The molecule has 0 amide bonds. The van der Waals surface area contributed by atoms with Crippen LogP contribution in [0.3, 0.4) is 0 Å². The van der Waals surface area contributed by atoms with Crippen LogP contribution in [0.25, 0.3) is 0 Å². The highest BCUT2D eigenvalue weighted by Crippen LogP contribution is 2.47. The number of aromatic hydroxyl groups is 1. The fraction of sp³-hybridized carbons (Fsp3) is 0.667. The van der Waals surface area contributed by atoms with Gasteiger partial charge in [-0.3, -0.25) is 4.90 Å². The number of nitrogens with one attached hydrogen (secondary N) is 1. The zero-order valence-electron chi connectivity index (χ0n) is 14.1. The first-order chi connectivity index (χ1) is 11.9. The molecular formula is C18H24F4N2O. The van der Waals surface area contributed by atoms with E-state index in [1.807, 2.05) is 4.90 Å². The number of phenolic OH excluding ortho intramolecular Hbond substituents is 1. The Morgan fingerprint density at radius 3 is 2.32 bits per heavy atom. The van der Waals surface area contributed by atoms with E-state index < -0.39 is 29.3 Å². The van der Waals surface area contributed by atoms with Gasteiger partial charge in [0.15, 0.2) is 11.6 Å². The Kier molecular flexibility index (Phi) is 5.53. The first kappa shape index (κ1) is 18.5. The summed E-state index contributed by atoms with van der Waals surface area (Å²) in [5, 5.41) is 13.5. The van der Waals surface area contributed by atoms with Crippen molar-refractivity contribution in [3.8, 4) is 5.75 Å². The molecule has 1 saturated heterocycles. The third kappa shape index (κ3) is 3.92. The summed E-state index contributed by atoms with van der Waals surface area (Å²) in [4.78, 5) is 1.98. The van der Waals surface area contributed by atoms with Gasteiger partial charge in [-0.05, 0) is 30.9 Å². The third-order valence-electron chi connectivity index (χ3n) is 5.41. The van der Waals surface area contributed by atoms with Gasteiger partial charge in [0, 0.05) is 37.8 Å². The number of alkyl halides is 3. The average Bonchev–Trinajstić information content (AvgIpc) is 2.60. The van der Waals surface area contributed by atoms with E-state index in [-0.39, 0.29) is 11.5 Å². The zero-order valence-corrected chi connectivity index (χ0v) is 14.1. The molecule has 1 aliphatic heterocycles. The Morgan fingerprint density at radius 1 is 1.08 bits per heavy atom. The Bertz CT molecular complexity index is 575. The molecule has 0 radical (unpaired) electrons. The minimum Gasteiger partial charge on any atom is -0.505 e. The van der Waals surface area contributed by atoms with E-state index in [4.69, 9.17) is 0 Å². The highest BCUT2D eigenvalue weighted by molar-refractivity contribution is 5.45. The fourth-order valence-corrected chi connectivity index (χ4v) is 4.25. The summed E-state index contributed by atoms with van der Waals surface area (Å²) in [6.45, 7) is 2.55. The fourth-order valence-electron chi connectivity index (χ4n) is 4.25. The molecule has 0 aromatic heterocycles. The molecule has 3 rings (SSSR count). The predicted octanol–water partition coefficient (Wildman–Crippen LogP) is 4.08. The molecule has 0 bridgehead atoms. The van der Waals surface area contributed by atoms with Crippen molar-refractivity contribution >= 4 is 0 Å². The summed E-state index contributed by atoms with van der Waals surface area (Å²) in [5.74, 6) is -1.83. The van der Waals surface area contributed by atoms with Gasteiger partial charge >= 0.3 is 6.18 Å². The second kappa shape index (κ2) is 7.50. The number of phenols is 1. The molecule has 1 aromatic rings.